The Labute approximate surface area is 112 Å². The second kappa shape index (κ2) is 6.54. The van der Waals surface area contributed by atoms with Crippen LogP contribution >= 0.6 is 0 Å². The van der Waals surface area contributed by atoms with Crippen LogP contribution in [0.5, 0.6) is 0 Å². The minimum atomic E-state index is -0.539. The Balaban J connectivity index is 2.33. The van der Waals surface area contributed by atoms with Crippen LogP contribution in [-0.4, -0.2) is 24.8 Å². The molecule has 1 atom stereocenters. The monoisotopic (exact) mass is 252 g/mol. The van der Waals surface area contributed by atoms with E-state index in [0.717, 1.165) is 25.8 Å². The summed E-state index contributed by atoms with van der Waals surface area (Å²) in [5, 5.41) is 12.5. The lowest BCUT2D eigenvalue weighted by atomic mass is 9.76. The van der Waals surface area contributed by atoms with Crippen molar-refractivity contribution in [3.8, 4) is 6.07 Å². The van der Waals surface area contributed by atoms with Crippen LogP contribution in [0.1, 0.15) is 59.8 Å². The molecule has 18 heavy (non-hydrogen) atoms. The van der Waals surface area contributed by atoms with Crippen molar-refractivity contribution in [1.29, 1.82) is 5.26 Å². The summed E-state index contributed by atoms with van der Waals surface area (Å²) in [7, 11) is 0. The van der Waals surface area contributed by atoms with Crippen LogP contribution in [0.25, 0.3) is 0 Å². The first-order chi connectivity index (χ1) is 8.41. The van der Waals surface area contributed by atoms with Crippen LogP contribution in [0, 0.1) is 16.7 Å². The molecular weight excluding hydrogens is 224 g/mol. The Morgan fingerprint density at radius 3 is 2.50 bits per heavy atom. The molecule has 0 aromatic rings. The number of ether oxygens (including phenoxy) is 1. The van der Waals surface area contributed by atoms with Crippen molar-refractivity contribution < 1.29 is 4.74 Å². The van der Waals surface area contributed by atoms with Crippen molar-refractivity contribution in [2.75, 3.05) is 13.2 Å². The number of nitrogens with zero attached hydrogens (tertiary/aromatic N) is 1. The van der Waals surface area contributed by atoms with Crippen LogP contribution in [0.15, 0.2) is 0 Å². The van der Waals surface area contributed by atoms with E-state index >= 15 is 0 Å². The van der Waals surface area contributed by atoms with Crippen molar-refractivity contribution in [1.82, 2.24) is 5.32 Å². The van der Waals surface area contributed by atoms with Crippen LogP contribution < -0.4 is 5.32 Å². The van der Waals surface area contributed by atoms with Gasteiger partial charge in [-0.1, -0.05) is 20.8 Å². The molecule has 3 nitrogen and oxygen atoms in total. The molecule has 1 fully saturated rings. The average Bonchev–Trinajstić information content (AvgIpc) is 2.35. The number of hydrogen-bond acceptors (Lipinski definition) is 3. The summed E-state index contributed by atoms with van der Waals surface area (Å²) in [6, 6.07) is 2.33. The minimum absolute atomic E-state index is 0.342. The molecule has 0 aliphatic heterocycles. The van der Waals surface area contributed by atoms with Gasteiger partial charge in [-0.15, -0.1) is 0 Å². The molecule has 1 aliphatic rings. The zero-order chi connectivity index (χ0) is 13.6. The van der Waals surface area contributed by atoms with Crippen molar-refractivity contribution in [2.45, 2.75) is 71.4 Å². The summed E-state index contributed by atoms with van der Waals surface area (Å²) in [5.74, 6) is 0. The molecule has 1 saturated carbocycles. The van der Waals surface area contributed by atoms with Crippen molar-refractivity contribution in [3.05, 3.63) is 0 Å². The second-order valence-electron chi connectivity index (χ2n) is 6.55. The number of hydrogen-bond donors (Lipinski definition) is 1. The van der Waals surface area contributed by atoms with Gasteiger partial charge in [0.2, 0.25) is 0 Å². The van der Waals surface area contributed by atoms with Gasteiger partial charge in [0, 0.05) is 0 Å². The Morgan fingerprint density at radius 2 is 2.00 bits per heavy atom. The first kappa shape index (κ1) is 15.5. The highest BCUT2D eigenvalue weighted by Crippen LogP contribution is 2.36. The van der Waals surface area contributed by atoms with Gasteiger partial charge in [0.1, 0.15) is 5.54 Å². The molecule has 1 aliphatic carbocycles. The molecule has 0 radical (unpaired) electrons. The zero-order valence-corrected chi connectivity index (χ0v) is 12.4. The lowest BCUT2D eigenvalue weighted by Crippen LogP contribution is -2.46. The summed E-state index contributed by atoms with van der Waals surface area (Å²) in [6.45, 7) is 10.0. The Morgan fingerprint density at radius 1 is 1.39 bits per heavy atom. The van der Waals surface area contributed by atoms with E-state index in [1.807, 2.05) is 6.92 Å². The summed E-state index contributed by atoms with van der Waals surface area (Å²) < 4.78 is 5.94. The van der Waals surface area contributed by atoms with E-state index < -0.39 is 5.54 Å². The van der Waals surface area contributed by atoms with E-state index in [1.54, 1.807) is 0 Å². The Hall–Kier alpha value is -0.590. The Kier molecular flexibility index (Phi) is 5.62. The van der Waals surface area contributed by atoms with Crippen molar-refractivity contribution in [3.63, 3.8) is 0 Å². The highest BCUT2D eigenvalue weighted by molar-refractivity contribution is 5.04. The fourth-order valence-electron chi connectivity index (χ4n) is 2.35. The van der Waals surface area contributed by atoms with E-state index in [0.29, 0.717) is 18.1 Å². The number of nitrogens with one attached hydrogen (secondary N) is 1. The van der Waals surface area contributed by atoms with Crippen LogP contribution in [0.2, 0.25) is 0 Å². The fraction of sp³-hybridized carbons (Fsp3) is 0.933. The molecule has 1 unspecified atom stereocenters. The van der Waals surface area contributed by atoms with Gasteiger partial charge < -0.3 is 4.74 Å². The molecular formula is C15H28N2O. The third kappa shape index (κ3) is 4.96. The van der Waals surface area contributed by atoms with Gasteiger partial charge in [0.05, 0.1) is 18.8 Å². The van der Waals surface area contributed by atoms with Gasteiger partial charge >= 0.3 is 0 Å². The van der Waals surface area contributed by atoms with Crippen LogP contribution in [-0.2, 0) is 4.74 Å². The molecule has 1 N–H and O–H groups in total. The highest BCUT2D eigenvalue weighted by atomic mass is 16.5. The van der Waals surface area contributed by atoms with E-state index in [-0.39, 0.29) is 0 Å². The van der Waals surface area contributed by atoms with E-state index in [4.69, 9.17) is 4.74 Å². The number of rotatable bonds is 6. The summed E-state index contributed by atoms with van der Waals surface area (Å²) >= 11 is 0. The molecule has 0 aromatic carbocycles. The predicted molar refractivity (Wildman–Crippen MR) is 74.3 cm³/mol. The first-order valence-corrected chi connectivity index (χ1v) is 7.19. The van der Waals surface area contributed by atoms with Gasteiger partial charge in [-0.2, -0.15) is 5.26 Å². The second-order valence-corrected chi connectivity index (χ2v) is 6.55. The standard InChI is InChI=1S/C15H28N2O/c1-5-10-17-15(4,11-16)12-18-13-6-8-14(2,3)9-7-13/h13,17H,5-10,12H2,1-4H3. The highest BCUT2D eigenvalue weighted by Gasteiger charge is 2.30. The molecule has 0 spiro atoms. The van der Waals surface area contributed by atoms with Crippen LogP contribution in [0.3, 0.4) is 0 Å². The number of nitriles is 1. The minimum Gasteiger partial charge on any atom is -0.375 e. The van der Waals surface area contributed by atoms with E-state index in [9.17, 15) is 5.26 Å². The molecule has 3 heteroatoms. The molecule has 0 amide bonds. The average molecular weight is 252 g/mol. The van der Waals surface area contributed by atoms with Crippen molar-refractivity contribution >= 4 is 0 Å². The van der Waals surface area contributed by atoms with E-state index in [1.165, 1.54) is 12.8 Å². The van der Waals surface area contributed by atoms with Gasteiger partial charge in [-0.05, 0) is 51.0 Å². The normalized spacial score (nSPS) is 23.3. The summed E-state index contributed by atoms with van der Waals surface area (Å²) in [5.41, 5.74) is -0.0676. The molecule has 0 bridgehead atoms. The third-order valence-corrected chi connectivity index (χ3v) is 3.91. The SMILES string of the molecule is CCCNC(C)(C#N)COC1CCC(C)(C)CC1. The van der Waals surface area contributed by atoms with Crippen molar-refractivity contribution in [2.24, 2.45) is 5.41 Å². The van der Waals surface area contributed by atoms with E-state index in [2.05, 4.69) is 32.2 Å². The smallest absolute Gasteiger partial charge is 0.127 e. The van der Waals surface area contributed by atoms with Gasteiger partial charge in [0.25, 0.3) is 0 Å². The molecule has 104 valence electrons. The van der Waals surface area contributed by atoms with Gasteiger partial charge in [-0.25, -0.2) is 0 Å². The maximum atomic E-state index is 9.23. The quantitative estimate of drug-likeness (QED) is 0.789. The lowest BCUT2D eigenvalue weighted by molar-refractivity contribution is -0.0131. The third-order valence-electron chi connectivity index (χ3n) is 3.91. The van der Waals surface area contributed by atoms with Gasteiger partial charge in [0.15, 0.2) is 0 Å². The first-order valence-electron chi connectivity index (χ1n) is 7.19. The topological polar surface area (TPSA) is 45.0 Å². The zero-order valence-electron chi connectivity index (χ0n) is 12.4. The molecule has 0 aromatic heterocycles. The molecule has 0 heterocycles. The Bertz CT molecular complexity index is 285. The largest absolute Gasteiger partial charge is 0.375 e. The summed E-state index contributed by atoms with van der Waals surface area (Å²) in [6.07, 6.45) is 6.08. The lowest BCUT2D eigenvalue weighted by Gasteiger charge is -2.35. The van der Waals surface area contributed by atoms with Gasteiger partial charge in [-0.3, -0.25) is 5.32 Å². The fourth-order valence-corrected chi connectivity index (χ4v) is 2.35. The maximum absolute atomic E-state index is 9.23. The maximum Gasteiger partial charge on any atom is 0.127 e. The molecule has 0 saturated heterocycles. The summed E-state index contributed by atoms with van der Waals surface area (Å²) in [4.78, 5) is 0. The van der Waals surface area contributed by atoms with Crippen LogP contribution in [0.4, 0.5) is 0 Å². The predicted octanol–water partition coefficient (Wildman–Crippen LogP) is 3.25. The molecule has 1 rings (SSSR count).